The summed E-state index contributed by atoms with van der Waals surface area (Å²) >= 11 is 0. The van der Waals surface area contributed by atoms with Crippen molar-refractivity contribution >= 4 is 5.91 Å². The van der Waals surface area contributed by atoms with Gasteiger partial charge in [0.15, 0.2) is 5.54 Å². The van der Waals surface area contributed by atoms with Crippen LogP contribution in [0.4, 0.5) is 0 Å². The normalized spacial score (nSPS) is 27.3. The number of hydrogen-bond acceptors (Lipinski definition) is 4. The summed E-state index contributed by atoms with van der Waals surface area (Å²) in [5.74, 6) is -0.583. The van der Waals surface area contributed by atoms with Crippen LogP contribution in [0.15, 0.2) is 24.0 Å². The quantitative estimate of drug-likeness (QED) is 0.306. The first kappa shape index (κ1) is 8.61. The van der Waals surface area contributed by atoms with Gasteiger partial charge in [0.2, 0.25) is 0 Å². The monoisotopic (exact) mass is 169 g/mol. The summed E-state index contributed by atoms with van der Waals surface area (Å²) in [6.45, 7) is 1.58. The Bertz CT molecular complexity index is 259. The molecule has 0 saturated heterocycles. The van der Waals surface area contributed by atoms with Gasteiger partial charge in [-0.15, -0.1) is 0 Å². The molecule has 1 heterocycles. The van der Waals surface area contributed by atoms with Crippen LogP contribution in [0.25, 0.3) is 0 Å². The summed E-state index contributed by atoms with van der Waals surface area (Å²) in [6, 6.07) is 0. The van der Waals surface area contributed by atoms with Crippen LogP contribution < -0.4 is 16.5 Å². The van der Waals surface area contributed by atoms with Crippen molar-refractivity contribution in [2.75, 3.05) is 0 Å². The number of carbonyl (C=O) groups excluding carboxylic acids is 1. The van der Waals surface area contributed by atoms with Crippen LogP contribution in [0.1, 0.15) is 6.92 Å². The van der Waals surface area contributed by atoms with Crippen LogP contribution >= 0.6 is 0 Å². The smallest absolute Gasteiger partial charge is 0.274 e. The third-order valence-corrected chi connectivity index (χ3v) is 1.88. The molecule has 0 radical (unpaired) electrons. The number of hydrogen-bond donors (Lipinski definition) is 4. The third kappa shape index (κ3) is 1.14. The number of hydroxylamine groups is 1. The molecule has 0 spiro atoms. The minimum Gasteiger partial charge on any atom is -0.400 e. The lowest BCUT2D eigenvalue weighted by Crippen LogP contribution is -2.56. The summed E-state index contributed by atoms with van der Waals surface area (Å²) < 4.78 is 0. The van der Waals surface area contributed by atoms with Crippen LogP contribution in [0.3, 0.4) is 0 Å². The van der Waals surface area contributed by atoms with Gasteiger partial charge in [-0.25, -0.2) is 5.48 Å². The molecule has 1 aliphatic rings. The first-order chi connectivity index (χ1) is 5.61. The first-order valence-electron chi connectivity index (χ1n) is 3.46. The number of amides is 1. The molecule has 1 amide bonds. The van der Waals surface area contributed by atoms with E-state index in [0.717, 1.165) is 0 Å². The van der Waals surface area contributed by atoms with E-state index in [1.165, 1.54) is 0 Å². The van der Waals surface area contributed by atoms with Crippen molar-refractivity contribution in [2.24, 2.45) is 5.73 Å². The lowest BCUT2D eigenvalue weighted by molar-refractivity contribution is -0.133. The molecule has 12 heavy (non-hydrogen) atoms. The van der Waals surface area contributed by atoms with E-state index < -0.39 is 11.4 Å². The van der Waals surface area contributed by atoms with Gasteiger partial charge < -0.3 is 11.1 Å². The summed E-state index contributed by atoms with van der Waals surface area (Å²) in [6.07, 6.45) is 4.87. The third-order valence-electron chi connectivity index (χ3n) is 1.88. The number of nitrogens with one attached hydrogen (secondary N) is 2. The minimum atomic E-state index is -1.05. The Hall–Kier alpha value is -1.49. The van der Waals surface area contributed by atoms with Crippen molar-refractivity contribution in [3.8, 4) is 0 Å². The molecule has 5 nitrogen and oxygen atoms in total. The Balaban J connectivity index is 2.92. The van der Waals surface area contributed by atoms with E-state index in [1.54, 1.807) is 30.8 Å². The van der Waals surface area contributed by atoms with Crippen molar-refractivity contribution in [1.29, 1.82) is 0 Å². The maximum atomic E-state index is 11.1. The lowest BCUT2D eigenvalue weighted by atomic mass is 9.95. The van der Waals surface area contributed by atoms with E-state index in [0.29, 0.717) is 5.70 Å². The van der Waals surface area contributed by atoms with Crippen molar-refractivity contribution in [1.82, 2.24) is 10.8 Å². The van der Waals surface area contributed by atoms with Crippen LogP contribution in [-0.4, -0.2) is 16.7 Å². The van der Waals surface area contributed by atoms with Gasteiger partial charge in [0.1, 0.15) is 0 Å². The Kier molecular flexibility index (Phi) is 2.05. The van der Waals surface area contributed by atoms with E-state index in [-0.39, 0.29) is 0 Å². The molecule has 1 atom stereocenters. The standard InChI is InChI=1S/C7H11N3O2/c1-7(6(11)10-12)5(8)3-2-4-9-7/h2-4,9,12H,8H2,1H3,(H,10,11). The van der Waals surface area contributed by atoms with Crippen molar-refractivity contribution < 1.29 is 10.0 Å². The van der Waals surface area contributed by atoms with Gasteiger partial charge in [0.25, 0.3) is 5.91 Å². The molecule has 1 unspecified atom stereocenters. The molecule has 0 saturated carbocycles. The summed E-state index contributed by atoms with van der Waals surface area (Å²) in [7, 11) is 0. The Morgan fingerprint density at radius 3 is 3.00 bits per heavy atom. The van der Waals surface area contributed by atoms with Crippen LogP contribution in [0, 0.1) is 0 Å². The van der Waals surface area contributed by atoms with Crippen LogP contribution in [0.2, 0.25) is 0 Å². The maximum Gasteiger partial charge on any atom is 0.274 e. The Morgan fingerprint density at radius 2 is 2.50 bits per heavy atom. The second-order valence-corrected chi connectivity index (χ2v) is 2.69. The van der Waals surface area contributed by atoms with Gasteiger partial charge in [-0.3, -0.25) is 10.0 Å². The molecule has 0 fully saturated rings. The topological polar surface area (TPSA) is 87.4 Å². The molecule has 1 rings (SSSR count). The number of nitrogens with two attached hydrogens (primary N) is 1. The molecule has 0 aromatic carbocycles. The highest BCUT2D eigenvalue weighted by molar-refractivity contribution is 5.88. The SMILES string of the molecule is CC1(C(=O)NO)NC=CC=C1N. The summed E-state index contributed by atoms with van der Waals surface area (Å²) in [4.78, 5) is 11.1. The fourth-order valence-electron chi connectivity index (χ4n) is 0.925. The fourth-order valence-corrected chi connectivity index (χ4v) is 0.925. The molecule has 0 aromatic rings. The van der Waals surface area contributed by atoms with Crippen molar-refractivity contribution in [3.63, 3.8) is 0 Å². The average Bonchev–Trinajstić information content (AvgIpc) is 2.09. The molecule has 0 aromatic heterocycles. The van der Waals surface area contributed by atoms with E-state index in [2.05, 4.69) is 5.32 Å². The minimum absolute atomic E-state index is 0.358. The Labute approximate surface area is 69.9 Å². The molecular formula is C7H11N3O2. The molecule has 1 aliphatic heterocycles. The second-order valence-electron chi connectivity index (χ2n) is 2.69. The van der Waals surface area contributed by atoms with Gasteiger partial charge in [-0.2, -0.15) is 0 Å². The molecule has 0 bridgehead atoms. The number of allylic oxidation sites excluding steroid dienone is 2. The second kappa shape index (κ2) is 2.86. The number of carbonyl (C=O) groups is 1. The van der Waals surface area contributed by atoms with E-state index in [1.807, 2.05) is 0 Å². The van der Waals surface area contributed by atoms with E-state index in [4.69, 9.17) is 10.9 Å². The van der Waals surface area contributed by atoms with E-state index in [9.17, 15) is 4.79 Å². The van der Waals surface area contributed by atoms with Crippen molar-refractivity contribution in [3.05, 3.63) is 24.0 Å². The summed E-state index contributed by atoms with van der Waals surface area (Å²) in [5.41, 5.74) is 6.42. The van der Waals surface area contributed by atoms with Crippen LogP contribution in [-0.2, 0) is 4.79 Å². The zero-order chi connectivity index (χ0) is 9.19. The molecular weight excluding hydrogens is 158 g/mol. The van der Waals surface area contributed by atoms with Crippen molar-refractivity contribution in [2.45, 2.75) is 12.5 Å². The lowest BCUT2D eigenvalue weighted by Gasteiger charge is -2.29. The predicted octanol–water partition coefficient (Wildman–Crippen LogP) is -0.790. The van der Waals surface area contributed by atoms with Crippen LogP contribution in [0.5, 0.6) is 0 Å². The molecule has 5 heteroatoms. The number of rotatable bonds is 1. The van der Waals surface area contributed by atoms with Gasteiger partial charge in [0.05, 0.1) is 0 Å². The summed E-state index contributed by atoms with van der Waals surface area (Å²) in [5, 5.41) is 11.2. The predicted molar refractivity (Wildman–Crippen MR) is 42.9 cm³/mol. The number of dihydropyridines is 1. The van der Waals surface area contributed by atoms with Gasteiger partial charge in [-0.1, -0.05) is 0 Å². The fraction of sp³-hybridized carbons (Fsp3) is 0.286. The molecule has 5 N–H and O–H groups in total. The highest BCUT2D eigenvalue weighted by atomic mass is 16.5. The van der Waals surface area contributed by atoms with E-state index >= 15 is 0 Å². The molecule has 0 aliphatic carbocycles. The largest absolute Gasteiger partial charge is 0.400 e. The maximum absolute atomic E-state index is 11.1. The highest BCUT2D eigenvalue weighted by Gasteiger charge is 2.35. The average molecular weight is 169 g/mol. The van der Waals surface area contributed by atoms with Gasteiger partial charge in [0, 0.05) is 5.70 Å². The van der Waals surface area contributed by atoms with Gasteiger partial charge >= 0.3 is 0 Å². The molecule has 66 valence electrons. The zero-order valence-corrected chi connectivity index (χ0v) is 6.66. The zero-order valence-electron chi connectivity index (χ0n) is 6.66. The highest BCUT2D eigenvalue weighted by Crippen LogP contribution is 2.14. The first-order valence-corrected chi connectivity index (χ1v) is 3.46. The van der Waals surface area contributed by atoms with Gasteiger partial charge in [-0.05, 0) is 25.3 Å². The Morgan fingerprint density at radius 1 is 1.83 bits per heavy atom.